The third-order valence-electron chi connectivity index (χ3n) is 4.56. The summed E-state index contributed by atoms with van der Waals surface area (Å²) in [6.07, 6.45) is 0. The van der Waals surface area contributed by atoms with Crippen LogP contribution < -0.4 is 24.2 Å². The Hall–Kier alpha value is -3.27. The maximum atomic E-state index is 12.6. The standard InChI is InChI=1S/C23H23ClN2O6S/c1-30-17-8-10-22(31-2)20(12-17)26-23(27)15-32-21-11-9-18(13-19(21)24)33(28,29)25-14-16-6-4-3-5-7-16/h3-13,25H,14-15H2,1-2H3,(H,26,27). The fourth-order valence-corrected chi connectivity index (χ4v) is 4.21. The number of carbonyl (C=O) groups excluding carboxylic acids is 1. The van der Waals surface area contributed by atoms with Gasteiger partial charge in [0.15, 0.2) is 6.61 Å². The highest BCUT2D eigenvalue weighted by Gasteiger charge is 2.17. The molecular weight excluding hydrogens is 468 g/mol. The topological polar surface area (TPSA) is 103 Å². The van der Waals surface area contributed by atoms with E-state index in [-0.39, 0.29) is 28.8 Å². The van der Waals surface area contributed by atoms with Crippen molar-refractivity contribution in [2.24, 2.45) is 0 Å². The lowest BCUT2D eigenvalue weighted by molar-refractivity contribution is -0.118. The monoisotopic (exact) mass is 490 g/mol. The smallest absolute Gasteiger partial charge is 0.262 e. The van der Waals surface area contributed by atoms with E-state index in [2.05, 4.69) is 10.0 Å². The molecule has 8 nitrogen and oxygen atoms in total. The van der Waals surface area contributed by atoms with Crippen LogP contribution in [0.3, 0.4) is 0 Å². The van der Waals surface area contributed by atoms with Gasteiger partial charge in [0, 0.05) is 12.6 Å². The van der Waals surface area contributed by atoms with Crippen molar-refractivity contribution in [3.63, 3.8) is 0 Å². The molecule has 0 aliphatic heterocycles. The van der Waals surface area contributed by atoms with E-state index in [1.807, 2.05) is 30.3 Å². The summed E-state index contributed by atoms with van der Waals surface area (Å²) in [5.41, 5.74) is 1.24. The Morgan fingerprint density at radius 2 is 1.67 bits per heavy atom. The Balaban J connectivity index is 1.62. The molecule has 0 fully saturated rings. The second-order valence-corrected chi connectivity index (χ2v) is 8.98. The molecule has 3 rings (SSSR count). The maximum absolute atomic E-state index is 12.6. The normalized spacial score (nSPS) is 11.0. The van der Waals surface area contributed by atoms with Crippen LogP contribution in [0.1, 0.15) is 5.56 Å². The van der Waals surface area contributed by atoms with Gasteiger partial charge in [0.1, 0.15) is 17.2 Å². The molecule has 33 heavy (non-hydrogen) atoms. The first-order chi connectivity index (χ1) is 15.8. The predicted molar refractivity (Wildman–Crippen MR) is 126 cm³/mol. The minimum absolute atomic E-state index is 0.0126. The van der Waals surface area contributed by atoms with Crippen LogP contribution >= 0.6 is 11.6 Å². The third-order valence-corrected chi connectivity index (χ3v) is 6.26. The van der Waals surface area contributed by atoms with Crippen molar-refractivity contribution in [2.45, 2.75) is 11.4 Å². The lowest BCUT2D eigenvalue weighted by atomic mass is 10.2. The zero-order chi connectivity index (χ0) is 23.8. The molecule has 0 radical (unpaired) electrons. The number of rotatable bonds is 10. The van der Waals surface area contributed by atoms with Crippen LogP contribution in [0.15, 0.2) is 71.6 Å². The van der Waals surface area contributed by atoms with E-state index in [9.17, 15) is 13.2 Å². The van der Waals surface area contributed by atoms with Gasteiger partial charge in [0.05, 0.1) is 29.8 Å². The Kier molecular flexibility index (Phi) is 8.16. The van der Waals surface area contributed by atoms with Crippen molar-refractivity contribution in [3.05, 3.63) is 77.3 Å². The number of benzene rings is 3. The number of hydrogen-bond donors (Lipinski definition) is 2. The van der Waals surface area contributed by atoms with Gasteiger partial charge in [-0.25, -0.2) is 13.1 Å². The number of methoxy groups -OCH3 is 2. The maximum Gasteiger partial charge on any atom is 0.262 e. The van der Waals surface area contributed by atoms with Crippen molar-refractivity contribution in [1.29, 1.82) is 0 Å². The van der Waals surface area contributed by atoms with Crippen molar-refractivity contribution in [3.8, 4) is 17.2 Å². The molecular formula is C23H23ClN2O6S. The second kappa shape index (κ2) is 11.0. The molecule has 0 saturated heterocycles. The Bertz CT molecular complexity index is 1220. The van der Waals surface area contributed by atoms with Crippen LogP contribution in [0, 0.1) is 0 Å². The van der Waals surface area contributed by atoms with Crippen LogP contribution in [0.25, 0.3) is 0 Å². The van der Waals surface area contributed by atoms with Crippen molar-refractivity contribution >= 4 is 33.2 Å². The average Bonchev–Trinajstić information content (AvgIpc) is 2.82. The number of ether oxygens (including phenoxy) is 3. The van der Waals surface area contributed by atoms with E-state index < -0.39 is 15.9 Å². The van der Waals surface area contributed by atoms with Crippen LogP contribution in [0.4, 0.5) is 5.69 Å². The minimum atomic E-state index is -3.78. The van der Waals surface area contributed by atoms with E-state index in [1.165, 1.54) is 32.4 Å². The van der Waals surface area contributed by atoms with Crippen LogP contribution in [0.2, 0.25) is 5.02 Å². The largest absolute Gasteiger partial charge is 0.497 e. The summed E-state index contributed by atoms with van der Waals surface area (Å²) in [6, 6.07) is 18.2. The SMILES string of the molecule is COc1ccc(OC)c(NC(=O)COc2ccc(S(=O)(=O)NCc3ccccc3)cc2Cl)c1. The molecule has 10 heteroatoms. The lowest BCUT2D eigenvalue weighted by Gasteiger charge is -2.13. The molecule has 3 aromatic rings. The molecule has 0 aliphatic rings. The molecule has 3 aromatic carbocycles. The van der Waals surface area contributed by atoms with E-state index in [0.717, 1.165) is 5.56 Å². The van der Waals surface area contributed by atoms with Crippen LogP contribution in [-0.4, -0.2) is 35.2 Å². The van der Waals surface area contributed by atoms with Gasteiger partial charge in [-0.05, 0) is 35.9 Å². The van der Waals surface area contributed by atoms with Crippen molar-refractivity contribution in [1.82, 2.24) is 4.72 Å². The summed E-state index contributed by atoms with van der Waals surface area (Å²) in [4.78, 5) is 12.3. The Morgan fingerprint density at radius 1 is 0.939 bits per heavy atom. The molecule has 2 N–H and O–H groups in total. The van der Waals surface area contributed by atoms with Gasteiger partial charge < -0.3 is 19.5 Å². The van der Waals surface area contributed by atoms with Crippen LogP contribution in [-0.2, 0) is 21.4 Å². The average molecular weight is 491 g/mol. The molecule has 174 valence electrons. The minimum Gasteiger partial charge on any atom is -0.497 e. The van der Waals surface area contributed by atoms with E-state index >= 15 is 0 Å². The zero-order valence-electron chi connectivity index (χ0n) is 18.0. The highest BCUT2D eigenvalue weighted by atomic mass is 35.5. The molecule has 0 spiro atoms. The number of anilines is 1. The van der Waals surface area contributed by atoms with Crippen LogP contribution in [0.5, 0.6) is 17.2 Å². The highest BCUT2D eigenvalue weighted by molar-refractivity contribution is 7.89. The first-order valence-corrected chi connectivity index (χ1v) is 11.7. The summed E-state index contributed by atoms with van der Waals surface area (Å²) in [5, 5.41) is 2.74. The van der Waals surface area contributed by atoms with Gasteiger partial charge in [-0.15, -0.1) is 0 Å². The zero-order valence-corrected chi connectivity index (χ0v) is 19.6. The summed E-state index contributed by atoms with van der Waals surface area (Å²) >= 11 is 6.20. The fourth-order valence-electron chi connectivity index (χ4n) is 2.86. The molecule has 0 bridgehead atoms. The van der Waals surface area contributed by atoms with Crippen molar-refractivity contribution in [2.75, 3.05) is 26.1 Å². The molecule has 0 saturated carbocycles. The third kappa shape index (κ3) is 6.61. The van der Waals surface area contributed by atoms with Gasteiger partial charge in [0.2, 0.25) is 10.0 Å². The number of hydrogen-bond acceptors (Lipinski definition) is 6. The second-order valence-electron chi connectivity index (χ2n) is 6.81. The molecule has 0 atom stereocenters. The first-order valence-electron chi connectivity index (χ1n) is 9.80. The number of amides is 1. The summed E-state index contributed by atoms with van der Waals surface area (Å²) < 4.78 is 43.5. The molecule has 0 aliphatic carbocycles. The van der Waals surface area contributed by atoms with Gasteiger partial charge >= 0.3 is 0 Å². The molecule has 0 aromatic heterocycles. The van der Waals surface area contributed by atoms with Crippen molar-refractivity contribution < 1.29 is 27.4 Å². The number of sulfonamides is 1. The van der Waals surface area contributed by atoms with Gasteiger partial charge in [-0.2, -0.15) is 0 Å². The van der Waals surface area contributed by atoms with Gasteiger partial charge in [-0.3, -0.25) is 4.79 Å². The van der Waals surface area contributed by atoms with Gasteiger partial charge in [0.25, 0.3) is 5.91 Å². The quantitative estimate of drug-likeness (QED) is 0.447. The summed E-state index contributed by atoms with van der Waals surface area (Å²) in [5.74, 6) is 0.720. The van der Waals surface area contributed by atoms with Gasteiger partial charge in [-0.1, -0.05) is 41.9 Å². The number of carbonyl (C=O) groups is 1. The molecule has 0 unspecified atom stereocenters. The molecule has 1 amide bonds. The lowest BCUT2D eigenvalue weighted by Crippen LogP contribution is -2.23. The highest BCUT2D eigenvalue weighted by Crippen LogP contribution is 2.30. The Labute approximate surface area is 197 Å². The van der Waals surface area contributed by atoms with E-state index in [0.29, 0.717) is 17.2 Å². The van der Waals surface area contributed by atoms with E-state index in [4.69, 9.17) is 25.8 Å². The molecule has 0 heterocycles. The summed E-state index contributed by atoms with van der Waals surface area (Å²) in [6.45, 7) is -0.203. The first kappa shape index (κ1) is 24.4. The van der Waals surface area contributed by atoms with E-state index in [1.54, 1.807) is 18.2 Å². The fraction of sp³-hybridized carbons (Fsp3) is 0.174. The predicted octanol–water partition coefficient (Wildman–Crippen LogP) is 3.85. The number of halogens is 1. The number of nitrogens with one attached hydrogen (secondary N) is 2. The summed E-state index contributed by atoms with van der Waals surface area (Å²) in [7, 11) is -0.781. The Morgan fingerprint density at radius 3 is 2.33 bits per heavy atom.